The summed E-state index contributed by atoms with van der Waals surface area (Å²) < 4.78 is 0. The molecule has 0 heterocycles. The monoisotopic (exact) mass is 108 g/mol. The van der Waals surface area contributed by atoms with E-state index in [-0.39, 0.29) is 0 Å². The van der Waals surface area contributed by atoms with Gasteiger partial charge in [-0.3, -0.25) is 0 Å². The van der Waals surface area contributed by atoms with Crippen LogP contribution < -0.4 is 5.64 Å². The number of rotatable bonds is 1. The van der Waals surface area contributed by atoms with E-state index in [9.17, 15) is 0 Å². The fraction of sp³-hybridized carbons (Fsp3) is 0.667. The molecule has 0 aliphatic carbocycles. The van der Waals surface area contributed by atoms with E-state index >= 15 is 0 Å². The van der Waals surface area contributed by atoms with Gasteiger partial charge in [0.25, 0.3) is 0 Å². The highest BCUT2D eigenvalue weighted by Gasteiger charge is 1.84. The fourth-order valence-electron chi connectivity index (χ4n) is 0.322. The van der Waals surface area contributed by atoms with Gasteiger partial charge in [0.15, 0.2) is 0 Å². The van der Waals surface area contributed by atoms with Crippen LogP contribution in [-0.2, 0) is 0 Å². The zero-order chi connectivity index (χ0) is 6.41. The Kier molecular flexibility index (Phi) is 4.49. The van der Waals surface area contributed by atoms with Crippen molar-refractivity contribution in [3.8, 4) is 11.7 Å². The lowest BCUT2D eigenvalue weighted by molar-refractivity contribution is 0.676. The smallest absolute Gasteiger partial charge is 0.306 e. The predicted molar refractivity (Wildman–Crippen MR) is 37.2 cm³/mol. The molecule has 43 valence electrons. The van der Waals surface area contributed by atoms with Gasteiger partial charge in [0.1, 0.15) is 0 Å². The molecule has 0 aromatic rings. The largest absolute Gasteiger partial charge is 0.363 e. The maximum Gasteiger partial charge on any atom is 0.306 e. The minimum atomic E-state index is 0.655. The number of hydrogen-bond donors (Lipinski definition) is 1. The summed E-state index contributed by atoms with van der Waals surface area (Å²) in [6.45, 7) is 4.26. The average Bonchev–Trinajstić information content (AvgIpc) is 1.66. The Morgan fingerprint density at radius 3 is 2.62 bits per heavy atom. The van der Waals surface area contributed by atoms with Crippen LogP contribution in [0.5, 0.6) is 0 Å². The third-order valence-electron chi connectivity index (χ3n) is 0.696. The molecule has 0 aliphatic heterocycles. The fourth-order valence-corrected chi connectivity index (χ4v) is 0.322. The molecule has 0 bridgehead atoms. The lowest BCUT2D eigenvalue weighted by Crippen LogP contribution is -1.99. The summed E-state index contributed by atoms with van der Waals surface area (Å²) in [6.07, 6.45) is 0.938. The highest BCUT2D eigenvalue weighted by atomic mass is 14.3. The highest BCUT2D eigenvalue weighted by molar-refractivity contribution is 6.42. The third kappa shape index (κ3) is 5.58. The van der Waals surface area contributed by atoms with Gasteiger partial charge in [-0.25, -0.2) is 0 Å². The van der Waals surface area contributed by atoms with Crippen LogP contribution in [0.2, 0.25) is 0 Å². The molecule has 0 aromatic carbocycles. The maximum absolute atomic E-state index is 5.02. The number of hydrogen-bond acceptors (Lipinski definition) is 1. The summed E-state index contributed by atoms with van der Waals surface area (Å²) in [5.74, 6) is 6.24. The minimum Gasteiger partial charge on any atom is -0.363 e. The Labute approximate surface area is 51.9 Å². The Bertz CT molecular complexity index is 98.8. The molecule has 1 nitrogen and oxygen atoms in total. The molecular formula is C6H11BN. The van der Waals surface area contributed by atoms with Crippen molar-refractivity contribution in [1.82, 2.24) is 0 Å². The van der Waals surface area contributed by atoms with Crippen molar-refractivity contribution in [1.29, 1.82) is 0 Å². The lowest BCUT2D eigenvalue weighted by Gasteiger charge is -1.91. The Hall–Kier alpha value is -0.415. The Morgan fingerprint density at radius 1 is 1.62 bits per heavy atom. The van der Waals surface area contributed by atoms with E-state index in [0.717, 1.165) is 6.42 Å². The van der Waals surface area contributed by atoms with Gasteiger partial charge in [0.05, 0.1) is 0 Å². The Balaban J connectivity index is 3.15. The summed E-state index contributed by atoms with van der Waals surface area (Å²) in [4.78, 5) is 0. The molecule has 0 atom stereocenters. The van der Waals surface area contributed by atoms with Gasteiger partial charge in [-0.15, -0.1) is 11.7 Å². The van der Waals surface area contributed by atoms with Gasteiger partial charge in [-0.05, 0) is 5.92 Å². The summed E-state index contributed by atoms with van der Waals surface area (Å²) in [7, 11) is 1.38. The van der Waals surface area contributed by atoms with Crippen LogP contribution in [0.3, 0.4) is 0 Å². The molecular weight excluding hydrogens is 96.9 g/mol. The molecule has 0 amide bonds. The lowest BCUT2D eigenvalue weighted by atomic mass is 9.98. The van der Waals surface area contributed by atoms with Crippen LogP contribution in [0.15, 0.2) is 0 Å². The van der Waals surface area contributed by atoms with E-state index in [2.05, 4.69) is 25.6 Å². The average molecular weight is 108 g/mol. The quantitative estimate of drug-likeness (QED) is 0.385. The molecule has 0 aromatic heterocycles. The second-order valence-corrected chi connectivity index (χ2v) is 2.09. The zero-order valence-electron chi connectivity index (χ0n) is 5.44. The number of nitrogens with two attached hydrogens (primary N) is 1. The van der Waals surface area contributed by atoms with Crippen LogP contribution in [0.25, 0.3) is 0 Å². The van der Waals surface area contributed by atoms with E-state index in [1.54, 1.807) is 0 Å². The normalized spacial score (nSPS) is 8.00. The molecule has 0 fully saturated rings. The van der Waals surface area contributed by atoms with Gasteiger partial charge in [0, 0.05) is 6.42 Å². The molecule has 1 radical (unpaired) electrons. The SMILES string of the molecule is CC(C)CC#C[B]N. The van der Waals surface area contributed by atoms with Crippen LogP contribution in [0.4, 0.5) is 0 Å². The molecule has 8 heavy (non-hydrogen) atoms. The van der Waals surface area contributed by atoms with Crippen molar-refractivity contribution >= 4 is 7.41 Å². The first kappa shape index (κ1) is 7.58. The van der Waals surface area contributed by atoms with Crippen molar-refractivity contribution in [3.63, 3.8) is 0 Å². The summed E-state index contributed by atoms with van der Waals surface area (Å²) in [5.41, 5.74) is 5.02. The van der Waals surface area contributed by atoms with Gasteiger partial charge in [0.2, 0.25) is 0 Å². The first-order valence-corrected chi connectivity index (χ1v) is 2.79. The first-order chi connectivity index (χ1) is 3.77. The third-order valence-corrected chi connectivity index (χ3v) is 0.696. The highest BCUT2D eigenvalue weighted by Crippen LogP contribution is 1.94. The van der Waals surface area contributed by atoms with Gasteiger partial charge < -0.3 is 5.64 Å². The molecule has 0 saturated heterocycles. The molecule has 2 heteroatoms. The predicted octanol–water partition coefficient (Wildman–Crippen LogP) is 0.571. The van der Waals surface area contributed by atoms with E-state index in [1.165, 1.54) is 7.41 Å². The van der Waals surface area contributed by atoms with Crippen molar-refractivity contribution in [3.05, 3.63) is 0 Å². The van der Waals surface area contributed by atoms with Crippen LogP contribution in [0, 0.1) is 17.7 Å². The van der Waals surface area contributed by atoms with Crippen LogP contribution >= 0.6 is 0 Å². The molecule has 0 unspecified atom stereocenters. The van der Waals surface area contributed by atoms with E-state index < -0.39 is 0 Å². The van der Waals surface area contributed by atoms with Crippen molar-refractivity contribution in [2.45, 2.75) is 20.3 Å². The molecule has 0 spiro atoms. The van der Waals surface area contributed by atoms with Crippen molar-refractivity contribution < 1.29 is 0 Å². The van der Waals surface area contributed by atoms with Crippen LogP contribution in [-0.4, -0.2) is 7.41 Å². The van der Waals surface area contributed by atoms with E-state index in [1.807, 2.05) is 0 Å². The van der Waals surface area contributed by atoms with E-state index in [0.29, 0.717) is 5.92 Å². The standard InChI is InChI=1S/C6H11BN/c1-6(2)4-3-5-7-8/h6H,4,8H2,1-2H3. The molecule has 0 saturated carbocycles. The first-order valence-electron chi connectivity index (χ1n) is 2.79. The second-order valence-electron chi connectivity index (χ2n) is 2.09. The topological polar surface area (TPSA) is 26.0 Å². The van der Waals surface area contributed by atoms with Crippen LogP contribution in [0.1, 0.15) is 20.3 Å². The summed E-state index contributed by atoms with van der Waals surface area (Å²) in [5, 5.41) is 0. The maximum atomic E-state index is 5.02. The Morgan fingerprint density at radius 2 is 2.25 bits per heavy atom. The molecule has 0 aliphatic rings. The molecule has 0 rings (SSSR count). The molecule has 2 N–H and O–H groups in total. The van der Waals surface area contributed by atoms with E-state index in [4.69, 9.17) is 5.64 Å². The summed E-state index contributed by atoms with van der Waals surface area (Å²) >= 11 is 0. The van der Waals surface area contributed by atoms with Crippen molar-refractivity contribution in [2.75, 3.05) is 0 Å². The van der Waals surface area contributed by atoms with Gasteiger partial charge in [-0.1, -0.05) is 13.8 Å². The zero-order valence-corrected chi connectivity index (χ0v) is 5.44. The summed E-state index contributed by atoms with van der Waals surface area (Å²) in [6, 6.07) is 0. The minimum absolute atomic E-state index is 0.655. The van der Waals surface area contributed by atoms with Gasteiger partial charge >= 0.3 is 7.41 Å². The van der Waals surface area contributed by atoms with Gasteiger partial charge in [-0.2, -0.15) is 0 Å². The van der Waals surface area contributed by atoms with Crippen molar-refractivity contribution in [2.24, 2.45) is 11.6 Å². The second kappa shape index (κ2) is 4.74.